The van der Waals surface area contributed by atoms with Gasteiger partial charge in [0, 0.05) is 11.1 Å². The van der Waals surface area contributed by atoms with E-state index in [-0.39, 0.29) is 17.6 Å². The zero-order chi connectivity index (χ0) is 19.9. The van der Waals surface area contributed by atoms with Crippen molar-refractivity contribution in [2.45, 2.75) is 78.1 Å². The van der Waals surface area contributed by atoms with Crippen molar-refractivity contribution >= 4 is 17.8 Å². The Balaban J connectivity index is 2.37. The number of anilines is 1. The van der Waals surface area contributed by atoms with E-state index in [9.17, 15) is 9.59 Å². The summed E-state index contributed by atoms with van der Waals surface area (Å²) in [6, 6.07) is 6.98. The molecule has 1 unspecified atom stereocenters. The lowest BCUT2D eigenvalue weighted by molar-refractivity contribution is 0.0542. The number of para-hydroxylation sites is 1. The fraction of sp³-hybridized carbons (Fsp3) is 0.600. The van der Waals surface area contributed by atoms with Crippen molar-refractivity contribution < 1.29 is 14.3 Å². The van der Waals surface area contributed by atoms with E-state index in [0.717, 1.165) is 11.3 Å². The van der Waals surface area contributed by atoms with Crippen LogP contribution in [0.1, 0.15) is 67.0 Å². The molecule has 6 heteroatoms. The van der Waals surface area contributed by atoms with E-state index >= 15 is 0 Å². The Morgan fingerprint density at radius 3 is 2.19 bits per heavy atom. The molecule has 0 aliphatic carbocycles. The van der Waals surface area contributed by atoms with Crippen molar-refractivity contribution in [1.29, 1.82) is 0 Å². The average molecular weight is 361 g/mol. The number of carbonyl (C=O) groups excluding carboxylic acids is 2. The summed E-state index contributed by atoms with van der Waals surface area (Å²) in [5, 5.41) is 5.94. The second kappa shape index (κ2) is 6.49. The summed E-state index contributed by atoms with van der Waals surface area (Å²) < 4.78 is 5.61. The summed E-state index contributed by atoms with van der Waals surface area (Å²) in [5.41, 5.74) is 0.0237. The highest BCUT2D eigenvalue weighted by molar-refractivity contribution is 5.93. The predicted molar refractivity (Wildman–Crippen MR) is 103 cm³/mol. The summed E-state index contributed by atoms with van der Waals surface area (Å²) >= 11 is 0. The van der Waals surface area contributed by atoms with Crippen molar-refractivity contribution in [3.63, 3.8) is 0 Å². The number of nitrogens with one attached hydrogen (secondary N) is 2. The Kier molecular flexibility index (Phi) is 5.01. The number of amides is 3. The van der Waals surface area contributed by atoms with Gasteiger partial charge in [-0.3, -0.25) is 4.90 Å². The Morgan fingerprint density at radius 1 is 1.08 bits per heavy atom. The summed E-state index contributed by atoms with van der Waals surface area (Å²) in [6.45, 7) is 15.1. The maximum atomic E-state index is 12.9. The van der Waals surface area contributed by atoms with Gasteiger partial charge in [0.2, 0.25) is 0 Å². The van der Waals surface area contributed by atoms with Gasteiger partial charge in [-0.1, -0.05) is 18.2 Å². The molecule has 0 bridgehead atoms. The van der Waals surface area contributed by atoms with Crippen LogP contribution < -0.4 is 15.5 Å². The van der Waals surface area contributed by atoms with E-state index in [4.69, 9.17) is 4.74 Å². The Labute approximate surface area is 156 Å². The fourth-order valence-electron chi connectivity index (χ4n) is 3.16. The maximum absolute atomic E-state index is 12.9. The third kappa shape index (κ3) is 4.29. The molecule has 0 saturated heterocycles. The molecular formula is C20H31N3O3. The fourth-order valence-corrected chi connectivity index (χ4v) is 3.16. The van der Waals surface area contributed by atoms with Gasteiger partial charge in [-0.05, 0) is 61.5 Å². The Hall–Kier alpha value is -2.24. The summed E-state index contributed by atoms with van der Waals surface area (Å²) in [5.74, 6) is 0. The number of ether oxygens (including phenoxy) is 1. The third-order valence-electron chi connectivity index (χ3n) is 4.11. The number of hydrogen-bond donors (Lipinski definition) is 2. The van der Waals surface area contributed by atoms with Gasteiger partial charge in [0.05, 0.1) is 17.3 Å². The van der Waals surface area contributed by atoms with Gasteiger partial charge >= 0.3 is 12.1 Å². The largest absolute Gasteiger partial charge is 0.443 e. The van der Waals surface area contributed by atoms with Gasteiger partial charge in [0.25, 0.3) is 0 Å². The lowest BCUT2D eigenvalue weighted by atomic mass is 9.92. The molecule has 26 heavy (non-hydrogen) atoms. The molecule has 3 amide bonds. The molecule has 1 aliphatic heterocycles. The molecule has 1 atom stereocenters. The van der Waals surface area contributed by atoms with E-state index in [2.05, 4.69) is 10.6 Å². The highest BCUT2D eigenvalue weighted by Crippen LogP contribution is 2.46. The SMILES string of the molecule is CC(C)(C)NC(=O)NC1c2ccccc2N(C(=O)OC(C)(C)C)C1(C)C. The zero-order valence-corrected chi connectivity index (χ0v) is 17.1. The summed E-state index contributed by atoms with van der Waals surface area (Å²) in [6.07, 6.45) is -0.421. The Bertz CT molecular complexity index is 699. The quantitative estimate of drug-likeness (QED) is 0.781. The number of hydrogen-bond acceptors (Lipinski definition) is 3. The minimum Gasteiger partial charge on any atom is -0.443 e. The van der Waals surface area contributed by atoms with Crippen LogP contribution in [-0.2, 0) is 4.74 Å². The Morgan fingerprint density at radius 2 is 1.65 bits per heavy atom. The van der Waals surface area contributed by atoms with Crippen LogP contribution in [0.15, 0.2) is 24.3 Å². The zero-order valence-electron chi connectivity index (χ0n) is 17.1. The standard InChI is InChI=1S/C20H31N3O3/c1-18(2,3)22-16(24)21-15-13-11-9-10-12-14(13)23(20(15,7)8)17(25)26-19(4,5)6/h9-12,15H,1-8H3,(H2,21,22,24). The molecule has 1 aromatic rings. The first-order valence-electron chi connectivity index (χ1n) is 8.93. The van der Waals surface area contributed by atoms with Crippen LogP contribution in [-0.4, -0.2) is 28.8 Å². The lowest BCUT2D eigenvalue weighted by Gasteiger charge is -2.37. The first kappa shape index (κ1) is 20.1. The molecule has 1 aromatic carbocycles. The van der Waals surface area contributed by atoms with Crippen LogP contribution in [0.2, 0.25) is 0 Å². The molecule has 0 spiro atoms. The molecule has 2 N–H and O–H groups in total. The maximum Gasteiger partial charge on any atom is 0.415 e. The molecule has 0 saturated carbocycles. The number of rotatable bonds is 1. The van der Waals surface area contributed by atoms with Gasteiger partial charge in [-0.2, -0.15) is 0 Å². The van der Waals surface area contributed by atoms with Crippen LogP contribution in [0.5, 0.6) is 0 Å². The molecule has 1 aliphatic rings. The van der Waals surface area contributed by atoms with Gasteiger partial charge in [0.1, 0.15) is 5.60 Å². The second-order valence-corrected chi connectivity index (χ2v) is 9.31. The van der Waals surface area contributed by atoms with Crippen molar-refractivity contribution in [2.75, 3.05) is 4.90 Å². The van der Waals surface area contributed by atoms with Crippen LogP contribution in [0.25, 0.3) is 0 Å². The van der Waals surface area contributed by atoms with Gasteiger partial charge in [-0.25, -0.2) is 9.59 Å². The molecule has 1 heterocycles. The summed E-state index contributed by atoms with van der Waals surface area (Å²) in [4.78, 5) is 27.0. The van der Waals surface area contributed by atoms with E-state index in [1.54, 1.807) is 4.90 Å². The van der Waals surface area contributed by atoms with E-state index in [1.165, 1.54) is 0 Å². The van der Waals surface area contributed by atoms with E-state index in [1.807, 2.05) is 79.7 Å². The van der Waals surface area contributed by atoms with E-state index in [0.29, 0.717) is 0 Å². The molecular weight excluding hydrogens is 330 g/mol. The lowest BCUT2D eigenvalue weighted by Crippen LogP contribution is -2.55. The minimum absolute atomic E-state index is 0.267. The molecule has 0 radical (unpaired) electrons. The highest BCUT2D eigenvalue weighted by atomic mass is 16.6. The molecule has 2 rings (SSSR count). The van der Waals surface area contributed by atoms with Crippen LogP contribution in [0, 0.1) is 0 Å². The predicted octanol–water partition coefficient (Wildman–Crippen LogP) is 4.36. The molecule has 6 nitrogen and oxygen atoms in total. The number of fused-ring (bicyclic) bond motifs is 1. The number of carbonyl (C=O) groups is 2. The monoisotopic (exact) mass is 361 g/mol. The second-order valence-electron chi connectivity index (χ2n) is 9.31. The van der Waals surface area contributed by atoms with Gasteiger partial charge in [0.15, 0.2) is 0 Å². The van der Waals surface area contributed by atoms with E-state index < -0.39 is 17.2 Å². The van der Waals surface area contributed by atoms with Crippen molar-refractivity contribution in [3.8, 4) is 0 Å². The molecule has 0 fully saturated rings. The van der Waals surface area contributed by atoms with Crippen LogP contribution in [0.3, 0.4) is 0 Å². The normalized spacial score (nSPS) is 18.9. The molecule has 144 valence electrons. The summed E-state index contributed by atoms with van der Waals surface area (Å²) in [7, 11) is 0. The van der Waals surface area contributed by atoms with Crippen LogP contribution in [0.4, 0.5) is 15.3 Å². The first-order valence-corrected chi connectivity index (χ1v) is 8.93. The molecule has 0 aromatic heterocycles. The first-order chi connectivity index (χ1) is 11.7. The average Bonchev–Trinajstić information content (AvgIpc) is 2.62. The smallest absolute Gasteiger partial charge is 0.415 e. The number of benzene rings is 1. The van der Waals surface area contributed by atoms with Gasteiger partial charge < -0.3 is 15.4 Å². The van der Waals surface area contributed by atoms with Gasteiger partial charge in [-0.15, -0.1) is 0 Å². The minimum atomic E-state index is -0.679. The topological polar surface area (TPSA) is 70.7 Å². The van der Waals surface area contributed by atoms with Crippen LogP contribution >= 0.6 is 0 Å². The third-order valence-corrected chi connectivity index (χ3v) is 4.11. The van der Waals surface area contributed by atoms with Crippen molar-refractivity contribution in [3.05, 3.63) is 29.8 Å². The number of urea groups is 1. The van der Waals surface area contributed by atoms with Crippen molar-refractivity contribution in [2.24, 2.45) is 0 Å². The number of nitrogens with zero attached hydrogens (tertiary/aromatic N) is 1. The highest BCUT2D eigenvalue weighted by Gasteiger charge is 2.49. The van der Waals surface area contributed by atoms with Crippen molar-refractivity contribution in [1.82, 2.24) is 10.6 Å².